The fraction of sp³-hybridized carbons (Fsp3) is 0.944. The lowest BCUT2D eigenvalue weighted by molar-refractivity contribution is -0.119. The zero-order valence-electron chi connectivity index (χ0n) is 14.1. The maximum Gasteiger partial charge on any atom is 0.132 e. The highest BCUT2D eigenvalue weighted by molar-refractivity contribution is 5.78. The van der Waals surface area contributed by atoms with Gasteiger partial charge >= 0.3 is 0 Å². The van der Waals surface area contributed by atoms with Crippen molar-refractivity contribution in [3.8, 4) is 0 Å². The molecule has 0 aliphatic heterocycles. The normalized spacial score (nSPS) is 12.8. The second kappa shape index (κ2) is 13.6. The molecule has 120 valence electrons. The third kappa shape index (κ3) is 11.5. The topological polar surface area (TPSA) is 43.1 Å². The van der Waals surface area contributed by atoms with Crippen molar-refractivity contribution in [1.82, 2.24) is 0 Å². The van der Waals surface area contributed by atoms with Gasteiger partial charge in [0.2, 0.25) is 0 Å². The smallest absolute Gasteiger partial charge is 0.132 e. The molecule has 0 saturated carbocycles. The maximum absolute atomic E-state index is 11.9. The molecule has 0 radical (unpaired) electrons. The summed E-state index contributed by atoms with van der Waals surface area (Å²) in [5.74, 6) is 1.73. The first-order chi connectivity index (χ1) is 9.61. The molecule has 0 amide bonds. The van der Waals surface area contributed by atoms with Crippen LogP contribution in [0.1, 0.15) is 91.4 Å². The molecule has 2 N–H and O–H groups in total. The van der Waals surface area contributed by atoms with E-state index in [0.717, 1.165) is 38.6 Å². The van der Waals surface area contributed by atoms with Crippen LogP contribution in [0.15, 0.2) is 0 Å². The van der Waals surface area contributed by atoms with Crippen LogP contribution in [-0.2, 0) is 4.79 Å². The Hall–Kier alpha value is -0.370. The minimum absolute atomic E-state index is 0.459. The summed E-state index contributed by atoms with van der Waals surface area (Å²) in [4.78, 5) is 11.9. The van der Waals surface area contributed by atoms with E-state index in [-0.39, 0.29) is 0 Å². The van der Waals surface area contributed by atoms with Gasteiger partial charge in [-0.15, -0.1) is 0 Å². The van der Waals surface area contributed by atoms with Gasteiger partial charge in [0.15, 0.2) is 0 Å². The van der Waals surface area contributed by atoms with Crippen LogP contribution in [0.5, 0.6) is 0 Å². The van der Waals surface area contributed by atoms with Crippen molar-refractivity contribution in [2.24, 2.45) is 17.6 Å². The fourth-order valence-corrected chi connectivity index (χ4v) is 2.78. The van der Waals surface area contributed by atoms with Crippen LogP contribution in [-0.4, -0.2) is 12.3 Å². The minimum Gasteiger partial charge on any atom is -0.330 e. The van der Waals surface area contributed by atoms with E-state index in [9.17, 15) is 4.79 Å². The molecule has 0 saturated heterocycles. The van der Waals surface area contributed by atoms with Crippen molar-refractivity contribution in [2.75, 3.05) is 6.54 Å². The SMILES string of the molecule is CCCCCCCCCC(=O)CCC(CCN)C(C)C. The van der Waals surface area contributed by atoms with Gasteiger partial charge in [0.05, 0.1) is 0 Å². The number of unbranched alkanes of at least 4 members (excludes halogenated alkanes) is 6. The van der Waals surface area contributed by atoms with Crippen LogP contribution >= 0.6 is 0 Å². The first-order valence-electron chi connectivity index (χ1n) is 8.83. The minimum atomic E-state index is 0.459. The number of Topliss-reactive ketones (excluding diaryl/α,β-unsaturated/α-hetero) is 1. The van der Waals surface area contributed by atoms with E-state index in [1.54, 1.807) is 0 Å². The third-order valence-electron chi connectivity index (χ3n) is 4.33. The van der Waals surface area contributed by atoms with E-state index in [4.69, 9.17) is 5.73 Å². The molecule has 0 bridgehead atoms. The molecule has 0 heterocycles. The fourth-order valence-electron chi connectivity index (χ4n) is 2.78. The molecule has 20 heavy (non-hydrogen) atoms. The van der Waals surface area contributed by atoms with Gasteiger partial charge < -0.3 is 5.73 Å². The van der Waals surface area contributed by atoms with Gasteiger partial charge in [0.25, 0.3) is 0 Å². The summed E-state index contributed by atoms with van der Waals surface area (Å²) < 4.78 is 0. The molecule has 0 rings (SSSR count). The predicted molar refractivity (Wildman–Crippen MR) is 88.9 cm³/mol. The molecule has 1 atom stereocenters. The molecule has 2 heteroatoms. The van der Waals surface area contributed by atoms with Gasteiger partial charge in [0.1, 0.15) is 5.78 Å². The van der Waals surface area contributed by atoms with Crippen molar-refractivity contribution >= 4 is 5.78 Å². The summed E-state index contributed by atoms with van der Waals surface area (Å²) >= 11 is 0. The summed E-state index contributed by atoms with van der Waals surface area (Å²) in [6.07, 6.45) is 12.6. The second-order valence-corrected chi connectivity index (χ2v) is 6.53. The summed E-state index contributed by atoms with van der Waals surface area (Å²) in [5, 5.41) is 0. The van der Waals surface area contributed by atoms with E-state index in [2.05, 4.69) is 20.8 Å². The standard InChI is InChI=1S/C18H37NO/c1-4-5-6-7-8-9-10-11-18(20)13-12-17(14-15-19)16(2)3/h16-17H,4-15,19H2,1-3H3. The lowest BCUT2D eigenvalue weighted by Gasteiger charge is -2.19. The van der Waals surface area contributed by atoms with Crippen molar-refractivity contribution in [3.63, 3.8) is 0 Å². The largest absolute Gasteiger partial charge is 0.330 e. The first-order valence-corrected chi connectivity index (χ1v) is 8.83. The highest BCUT2D eigenvalue weighted by atomic mass is 16.1. The molecule has 0 aromatic carbocycles. The van der Waals surface area contributed by atoms with Gasteiger partial charge in [-0.1, -0.05) is 59.3 Å². The maximum atomic E-state index is 11.9. The quantitative estimate of drug-likeness (QED) is 0.451. The Morgan fingerprint density at radius 3 is 2.05 bits per heavy atom. The van der Waals surface area contributed by atoms with Crippen molar-refractivity contribution < 1.29 is 4.79 Å². The summed E-state index contributed by atoms with van der Waals surface area (Å²) in [6, 6.07) is 0. The van der Waals surface area contributed by atoms with Crippen LogP contribution in [0.3, 0.4) is 0 Å². The lowest BCUT2D eigenvalue weighted by atomic mass is 9.87. The third-order valence-corrected chi connectivity index (χ3v) is 4.33. The highest BCUT2D eigenvalue weighted by Gasteiger charge is 2.14. The molecule has 0 aromatic rings. The Kier molecular flexibility index (Phi) is 13.4. The van der Waals surface area contributed by atoms with Crippen LogP contribution in [0.2, 0.25) is 0 Å². The Morgan fingerprint density at radius 2 is 1.50 bits per heavy atom. The Morgan fingerprint density at radius 1 is 0.900 bits per heavy atom. The number of rotatable bonds is 14. The average Bonchev–Trinajstić information content (AvgIpc) is 2.42. The molecular weight excluding hydrogens is 246 g/mol. The Balaban J connectivity index is 3.53. The molecule has 0 aromatic heterocycles. The summed E-state index contributed by atoms with van der Waals surface area (Å²) in [6.45, 7) is 7.46. The molecular formula is C18H37NO. The molecule has 0 aliphatic rings. The van der Waals surface area contributed by atoms with E-state index in [1.165, 1.54) is 38.5 Å². The van der Waals surface area contributed by atoms with Crippen molar-refractivity contribution in [2.45, 2.75) is 91.4 Å². The van der Waals surface area contributed by atoms with Gasteiger partial charge in [-0.05, 0) is 37.6 Å². The van der Waals surface area contributed by atoms with Crippen molar-refractivity contribution in [3.05, 3.63) is 0 Å². The number of carbonyl (C=O) groups excluding carboxylic acids is 1. The molecule has 0 aliphatic carbocycles. The number of hydrogen-bond acceptors (Lipinski definition) is 2. The number of hydrogen-bond donors (Lipinski definition) is 1. The van der Waals surface area contributed by atoms with Crippen molar-refractivity contribution in [1.29, 1.82) is 0 Å². The lowest BCUT2D eigenvalue weighted by Crippen LogP contribution is -2.15. The van der Waals surface area contributed by atoms with E-state index >= 15 is 0 Å². The zero-order valence-corrected chi connectivity index (χ0v) is 14.1. The summed E-state index contributed by atoms with van der Waals surface area (Å²) in [5.41, 5.74) is 5.64. The predicted octanol–water partition coefficient (Wildman–Crippen LogP) is 5.10. The van der Waals surface area contributed by atoms with E-state index < -0.39 is 0 Å². The number of nitrogens with two attached hydrogens (primary N) is 1. The Bertz CT molecular complexity index is 225. The zero-order chi connectivity index (χ0) is 15.2. The molecule has 1 unspecified atom stereocenters. The van der Waals surface area contributed by atoms with Crippen LogP contribution in [0, 0.1) is 11.8 Å². The van der Waals surface area contributed by atoms with Gasteiger partial charge in [-0.25, -0.2) is 0 Å². The van der Waals surface area contributed by atoms with Gasteiger partial charge in [0, 0.05) is 12.8 Å². The summed E-state index contributed by atoms with van der Waals surface area (Å²) in [7, 11) is 0. The molecule has 2 nitrogen and oxygen atoms in total. The van der Waals surface area contributed by atoms with Crippen LogP contribution in [0.25, 0.3) is 0 Å². The first kappa shape index (κ1) is 19.6. The van der Waals surface area contributed by atoms with E-state index in [1.807, 2.05) is 0 Å². The monoisotopic (exact) mass is 283 g/mol. The molecule has 0 fully saturated rings. The second-order valence-electron chi connectivity index (χ2n) is 6.53. The molecule has 0 spiro atoms. The average molecular weight is 284 g/mol. The number of ketones is 1. The van der Waals surface area contributed by atoms with Gasteiger partial charge in [-0.3, -0.25) is 4.79 Å². The number of carbonyl (C=O) groups is 1. The highest BCUT2D eigenvalue weighted by Crippen LogP contribution is 2.21. The van der Waals surface area contributed by atoms with E-state index in [0.29, 0.717) is 17.6 Å². The van der Waals surface area contributed by atoms with Crippen LogP contribution in [0.4, 0.5) is 0 Å². The van der Waals surface area contributed by atoms with Crippen LogP contribution < -0.4 is 5.73 Å². The van der Waals surface area contributed by atoms with Gasteiger partial charge in [-0.2, -0.15) is 0 Å². The Labute approximate surface area is 126 Å².